The Morgan fingerprint density at radius 1 is 1.27 bits per heavy atom. The van der Waals surface area contributed by atoms with Crippen LogP contribution in [0.15, 0.2) is 29.2 Å². The molecule has 1 aliphatic rings. The number of non-ortho nitro benzene ring substituents is 1. The van der Waals surface area contributed by atoms with Crippen molar-refractivity contribution in [2.24, 2.45) is 0 Å². The monoisotopic (exact) mass is 485 g/mol. The van der Waals surface area contributed by atoms with E-state index in [1.807, 2.05) is 0 Å². The number of carboxylic acid groups (broad SMARTS) is 1. The van der Waals surface area contributed by atoms with E-state index in [4.69, 9.17) is 9.84 Å². The molecular formula is C20H27N3O9S. The Labute approximate surface area is 191 Å². The van der Waals surface area contributed by atoms with E-state index in [1.165, 1.54) is 0 Å². The van der Waals surface area contributed by atoms with Crippen LogP contribution in [-0.4, -0.2) is 64.8 Å². The van der Waals surface area contributed by atoms with Crippen molar-refractivity contribution in [2.75, 3.05) is 6.54 Å². The molecule has 1 heterocycles. The molecule has 33 heavy (non-hydrogen) atoms. The van der Waals surface area contributed by atoms with Gasteiger partial charge < -0.3 is 15.2 Å². The van der Waals surface area contributed by atoms with Crippen LogP contribution in [0.25, 0.3) is 0 Å². The molecule has 0 aliphatic carbocycles. The third kappa shape index (κ3) is 6.96. The quantitative estimate of drug-likeness (QED) is 0.298. The Kier molecular flexibility index (Phi) is 8.14. The summed E-state index contributed by atoms with van der Waals surface area (Å²) in [5, 5.41) is 22.2. The van der Waals surface area contributed by atoms with Crippen LogP contribution in [-0.2, 0) is 29.1 Å². The predicted octanol–water partition coefficient (Wildman–Crippen LogP) is 1.44. The number of carbonyl (C=O) groups excluding carboxylic acids is 2. The van der Waals surface area contributed by atoms with Crippen LogP contribution in [0.5, 0.6) is 0 Å². The predicted molar refractivity (Wildman–Crippen MR) is 115 cm³/mol. The van der Waals surface area contributed by atoms with Crippen LogP contribution in [0, 0.1) is 10.1 Å². The summed E-state index contributed by atoms with van der Waals surface area (Å²) in [6.07, 6.45) is -0.0496. The highest BCUT2D eigenvalue weighted by Gasteiger charge is 2.41. The maximum absolute atomic E-state index is 13.1. The number of hydrogen-bond donors (Lipinski definition) is 2. The van der Waals surface area contributed by atoms with Crippen LogP contribution in [0.3, 0.4) is 0 Å². The Morgan fingerprint density at radius 2 is 1.88 bits per heavy atom. The van der Waals surface area contributed by atoms with Gasteiger partial charge in [-0.05, 0) is 52.2 Å². The Hall–Kier alpha value is -3.06. The Morgan fingerprint density at radius 3 is 2.39 bits per heavy atom. The molecule has 1 fully saturated rings. The van der Waals surface area contributed by atoms with Gasteiger partial charge in [-0.2, -0.15) is 4.31 Å². The van der Waals surface area contributed by atoms with Crippen molar-refractivity contribution in [1.82, 2.24) is 9.62 Å². The topological polar surface area (TPSA) is 173 Å². The number of carboxylic acids is 1. The minimum absolute atomic E-state index is 0.0453. The number of sulfonamides is 1. The number of hydrogen-bond acceptors (Lipinski definition) is 8. The van der Waals surface area contributed by atoms with Gasteiger partial charge in [0, 0.05) is 25.1 Å². The van der Waals surface area contributed by atoms with Gasteiger partial charge in [-0.1, -0.05) is 0 Å². The van der Waals surface area contributed by atoms with Gasteiger partial charge in [0.15, 0.2) is 0 Å². The zero-order chi connectivity index (χ0) is 25.0. The molecule has 1 saturated heterocycles. The van der Waals surface area contributed by atoms with E-state index >= 15 is 0 Å². The lowest BCUT2D eigenvalue weighted by molar-refractivity contribution is -0.384. The summed E-state index contributed by atoms with van der Waals surface area (Å²) in [7, 11) is -4.15. The lowest BCUT2D eigenvalue weighted by atomic mass is 10.1. The first kappa shape index (κ1) is 26.2. The molecule has 0 radical (unpaired) electrons. The number of rotatable bonds is 9. The van der Waals surface area contributed by atoms with Gasteiger partial charge in [0.1, 0.15) is 17.7 Å². The number of nitro benzene ring substituents is 1. The van der Waals surface area contributed by atoms with E-state index in [0.29, 0.717) is 6.42 Å². The highest BCUT2D eigenvalue weighted by Crippen LogP contribution is 2.27. The third-order valence-electron chi connectivity index (χ3n) is 4.82. The normalized spacial score (nSPS) is 17.8. The lowest BCUT2D eigenvalue weighted by Gasteiger charge is -2.27. The summed E-state index contributed by atoms with van der Waals surface area (Å²) in [6, 6.07) is 1.91. The van der Waals surface area contributed by atoms with Crippen LogP contribution in [0.4, 0.5) is 5.69 Å². The van der Waals surface area contributed by atoms with Crippen molar-refractivity contribution in [3.63, 3.8) is 0 Å². The molecule has 2 unspecified atom stereocenters. The van der Waals surface area contributed by atoms with Gasteiger partial charge in [-0.3, -0.25) is 19.7 Å². The number of carbonyl (C=O) groups is 3. The Balaban J connectivity index is 2.22. The first-order valence-electron chi connectivity index (χ1n) is 10.2. The van der Waals surface area contributed by atoms with Gasteiger partial charge >= 0.3 is 11.9 Å². The fourth-order valence-electron chi connectivity index (χ4n) is 3.32. The molecule has 2 N–H and O–H groups in total. The van der Waals surface area contributed by atoms with Crippen LogP contribution in [0.1, 0.15) is 46.5 Å². The van der Waals surface area contributed by atoms with Crippen LogP contribution in [0.2, 0.25) is 0 Å². The molecular weight excluding hydrogens is 458 g/mol. The molecule has 2 atom stereocenters. The molecule has 12 nitrogen and oxygen atoms in total. The number of aliphatic carboxylic acids is 1. The largest absolute Gasteiger partial charge is 0.481 e. The van der Waals surface area contributed by atoms with E-state index in [1.54, 1.807) is 20.8 Å². The zero-order valence-corrected chi connectivity index (χ0v) is 19.3. The molecule has 0 aromatic heterocycles. The Bertz CT molecular complexity index is 1020. The molecule has 2 rings (SSSR count). The van der Waals surface area contributed by atoms with Crippen LogP contribution < -0.4 is 5.32 Å². The van der Waals surface area contributed by atoms with Crippen molar-refractivity contribution < 1.29 is 37.6 Å². The van der Waals surface area contributed by atoms with Crippen LogP contribution >= 0.6 is 0 Å². The second-order valence-electron chi connectivity index (χ2n) is 8.55. The van der Waals surface area contributed by atoms with Gasteiger partial charge in [-0.15, -0.1) is 0 Å². The summed E-state index contributed by atoms with van der Waals surface area (Å²) < 4.78 is 32.4. The number of nitrogens with zero attached hydrogens (tertiary/aromatic N) is 2. The summed E-state index contributed by atoms with van der Waals surface area (Å²) in [6.45, 7) is 4.91. The first-order chi connectivity index (χ1) is 15.2. The van der Waals surface area contributed by atoms with Gasteiger partial charge in [0.25, 0.3) is 5.69 Å². The van der Waals surface area contributed by atoms with E-state index in [0.717, 1.165) is 28.6 Å². The maximum Gasteiger partial charge on any atom is 0.329 e. The summed E-state index contributed by atoms with van der Waals surface area (Å²) in [5.41, 5.74) is -1.15. The standard InChI is InChI=1S/C20H27N3O9S/c1-20(2,3)32-19(27)15(10-11-17(24)25)21-18(26)16-5-4-12-22(16)33(30,31)14-8-6-13(7-9-14)23(28)29/h6-9,15-16H,4-5,10-12H2,1-3H3,(H,21,26)(H,24,25). The van der Waals surface area contributed by atoms with E-state index in [9.17, 15) is 32.9 Å². The van der Waals surface area contributed by atoms with E-state index < -0.39 is 56.9 Å². The first-order valence-corrected chi connectivity index (χ1v) is 11.7. The fraction of sp³-hybridized carbons (Fsp3) is 0.550. The van der Waals surface area contributed by atoms with E-state index in [-0.39, 0.29) is 30.0 Å². The number of nitrogens with one attached hydrogen (secondary N) is 1. The molecule has 0 saturated carbocycles. The van der Waals surface area contributed by atoms with Gasteiger partial charge in [0.05, 0.1) is 9.82 Å². The number of ether oxygens (including phenoxy) is 1. The maximum atomic E-state index is 13.1. The smallest absolute Gasteiger partial charge is 0.329 e. The minimum Gasteiger partial charge on any atom is -0.481 e. The molecule has 0 bridgehead atoms. The molecule has 1 aromatic rings. The summed E-state index contributed by atoms with van der Waals surface area (Å²) >= 11 is 0. The average molecular weight is 486 g/mol. The summed E-state index contributed by atoms with van der Waals surface area (Å²) in [4.78, 5) is 46.4. The molecule has 182 valence electrons. The van der Waals surface area contributed by atoms with Crippen molar-refractivity contribution >= 4 is 33.6 Å². The molecule has 1 aromatic carbocycles. The highest BCUT2D eigenvalue weighted by atomic mass is 32.2. The van der Waals surface area contributed by atoms with Gasteiger partial charge in [0.2, 0.25) is 15.9 Å². The molecule has 13 heteroatoms. The molecule has 0 spiro atoms. The van der Waals surface area contributed by atoms with Crippen molar-refractivity contribution in [3.8, 4) is 0 Å². The molecule has 1 amide bonds. The fourth-order valence-corrected chi connectivity index (χ4v) is 4.98. The summed E-state index contributed by atoms with van der Waals surface area (Å²) in [5.74, 6) is -2.74. The highest BCUT2D eigenvalue weighted by molar-refractivity contribution is 7.89. The second-order valence-corrected chi connectivity index (χ2v) is 10.4. The number of benzene rings is 1. The van der Waals surface area contributed by atoms with Crippen molar-refractivity contribution in [1.29, 1.82) is 0 Å². The zero-order valence-electron chi connectivity index (χ0n) is 18.5. The number of amides is 1. The lowest BCUT2D eigenvalue weighted by Crippen LogP contribution is -2.52. The van der Waals surface area contributed by atoms with Gasteiger partial charge in [-0.25, -0.2) is 13.2 Å². The molecule has 1 aliphatic heterocycles. The number of esters is 1. The van der Waals surface area contributed by atoms with E-state index in [2.05, 4.69) is 5.32 Å². The SMILES string of the molecule is CC(C)(C)OC(=O)C(CCC(=O)O)NC(=O)C1CCCN1S(=O)(=O)c1ccc([N+](=O)[O-])cc1. The van der Waals surface area contributed by atoms with Crippen molar-refractivity contribution in [2.45, 2.75) is 69.0 Å². The number of nitro groups is 1. The average Bonchev–Trinajstić information content (AvgIpc) is 3.20. The third-order valence-corrected chi connectivity index (χ3v) is 6.74. The second kappa shape index (κ2) is 10.3. The minimum atomic E-state index is -4.15. The van der Waals surface area contributed by atoms with Crippen molar-refractivity contribution in [3.05, 3.63) is 34.4 Å².